The molecular weight excluding hydrogens is 731 g/mol. The van der Waals surface area contributed by atoms with Crippen LogP contribution in [0.4, 0.5) is 0 Å². The Kier molecular flexibility index (Phi) is 46.5. The normalized spacial score (nSPS) is 13.2. The standard InChI is InChI=1S/C53H103NO5/c1-4-7-10-13-16-19-22-25-26-28-30-33-36-39-42-45-51(56)50(48-55)54-52(57)47-49(44-41-38-35-32-29-27-23-20-17-14-11-8-5-2)59-53(58)46-43-40-37-34-31-24-21-18-15-12-9-6-3/h20,23,49-51,55-56H,4-19,21-22,24-48H2,1-3H3,(H,54,57)/b23-20-. The first kappa shape index (κ1) is 57.6. The predicted molar refractivity (Wildman–Crippen MR) is 255 cm³/mol. The van der Waals surface area contributed by atoms with Gasteiger partial charge in [0.2, 0.25) is 5.91 Å². The SMILES string of the molecule is CCCCCC/C=C\CCCCCCCC(CC(=O)NC(CO)C(O)CCCCCCCCCCCCCCCCC)OC(=O)CCCCCCCCCCCCCC. The highest BCUT2D eigenvalue weighted by Crippen LogP contribution is 2.18. The molecule has 350 valence electrons. The molecule has 0 fully saturated rings. The molecule has 0 aromatic carbocycles. The minimum Gasteiger partial charge on any atom is -0.462 e. The Hall–Kier alpha value is -1.40. The van der Waals surface area contributed by atoms with Crippen molar-refractivity contribution in [2.75, 3.05) is 6.61 Å². The van der Waals surface area contributed by atoms with Crippen LogP contribution in [-0.2, 0) is 14.3 Å². The number of nitrogens with one attached hydrogen (secondary N) is 1. The zero-order chi connectivity index (χ0) is 43.1. The first-order chi connectivity index (χ1) is 29.0. The van der Waals surface area contributed by atoms with Crippen LogP contribution < -0.4 is 5.32 Å². The highest BCUT2D eigenvalue weighted by Gasteiger charge is 2.24. The molecular formula is C53H103NO5. The number of carbonyl (C=O) groups excluding carboxylic acids is 2. The van der Waals surface area contributed by atoms with Crippen molar-refractivity contribution < 1.29 is 24.5 Å². The third kappa shape index (κ3) is 43.1. The number of ether oxygens (including phenoxy) is 1. The molecule has 0 heterocycles. The van der Waals surface area contributed by atoms with Gasteiger partial charge in [0.1, 0.15) is 6.10 Å². The average molecular weight is 834 g/mol. The number of unbranched alkanes of at least 4 members (excludes halogenated alkanes) is 34. The number of aliphatic hydroxyl groups excluding tert-OH is 2. The molecule has 0 radical (unpaired) electrons. The van der Waals surface area contributed by atoms with E-state index in [-0.39, 0.29) is 24.9 Å². The lowest BCUT2D eigenvalue weighted by Gasteiger charge is -2.24. The van der Waals surface area contributed by atoms with Crippen LogP contribution in [0, 0.1) is 0 Å². The lowest BCUT2D eigenvalue weighted by atomic mass is 10.0. The molecule has 59 heavy (non-hydrogen) atoms. The van der Waals surface area contributed by atoms with E-state index in [1.54, 1.807) is 0 Å². The van der Waals surface area contributed by atoms with Crippen LogP contribution in [0.15, 0.2) is 12.2 Å². The van der Waals surface area contributed by atoms with Gasteiger partial charge in [-0.2, -0.15) is 0 Å². The number of hydrogen-bond acceptors (Lipinski definition) is 5. The van der Waals surface area contributed by atoms with Gasteiger partial charge in [-0.05, 0) is 51.4 Å². The summed E-state index contributed by atoms with van der Waals surface area (Å²) in [4.78, 5) is 26.1. The van der Waals surface area contributed by atoms with Crippen molar-refractivity contribution >= 4 is 11.9 Å². The lowest BCUT2D eigenvalue weighted by molar-refractivity contribution is -0.151. The highest BCUT2D eigenvalue weighted by molar-refractivity contribution is 5.77. The summed E-state index contributed by atoms with van der Waals surface area (Å²) < 4.78 is 5.93. The summed E-state index contributed by atoms with van der Waals surface area (Å²) in [6.07, 6.45) is 52.7. The number of carbonyl (C=O) groups is 2. The van der Waals surface area contributed by atoms with E-state index in [4.69, 9.17) is 4.74 Å². The molecule has 0 aliphatic rings. The second-order valence-electron chi connectivity index (χ2n) is 18.3. The maximum Gasteiger partial charge on any atom is 0.306 e. The molecule has 3 unspecified atom stereocenters. The molecule has 0 rings (SSSR count). The minimum absolute atomic E-state index is 0.0788. The molecule has 3 N–H and O–H groups in total. The Morgan fingerprint density at radius 3 is 1.22 bits per heavy atom. The summed E-state index contributed by atoms with van der Waals surface area (Å²) in [5.74, 6) is -0.465. The molecule has 0 spiro atoms. The van der Waals surface area contributed by atoms with Crippen molar-refractivity contribution in [3.05, 3.63) is 12.2 Å². The molecule has 0 saturated carbocycles. The predicted octanol–water partition coefficient (Wildman–Crippen LogP) is 15.7. The van der Waals surface area contributed by atoms with Gasteiger partial charge in [-0.3, -0.25) is 9.59 Å². The molecule has 6 nitrogen and oxygen atoms in total. The highest BCUT2D eigenvalue weighted by atomic mass is 16.5. The molecule has 0 aliphatic heterocycles. The van der Waals surface area contributed by atoms with Crippen LogP contribution >= 0.6 is 0 Å². The van der Waals surface area contributed by atoms with Crippen LogP contribution in [0.3, 0.4) is 0 Å². The van der Waals surface area contributed by atoms with Crippen molar-refractivity contribution in [1.29, 1.82) is 0 Å². The maximum atomic E-state index is 13.2. The van der Waals surface area contributed by atoms with Gasteiger partial charge in [-0.15, -0.1) is 0 Å². The molecule has 0 aliphatic carbocycles. The van der Waals surface area contributed by atoms with E-state index in [2.05, 4.69) is 38.2 Å². The Balaban J connectivity index is 4.51. The average Bonchev–Trinajstić information content (AvgIpc) is 3.23. The van der Waals surface area contributed by atoms with E-state index in [9.17, 15) is 19.8 Å². The van der Waals surface area contributed by atoms with Gasteiger partial charge >= 0.3 is 5.97 Å². The van der Waals surface area contributed by atoms with Crippen LogP contribution in [0.2, 0.25) is 0 Å². The third-order valence-electron chi connectivity index (χ3n) is 12.3. The van der Waals surface area contributed by atoms with E-state index >= 15 is 0 Å². The molecule has 0 aromatic rings. The Labute approximate surface area is 368 Å². The van der Waals surface area contributed by atoms with Crippen molar-refractivity contribution in [2.45, 2.75) is 309 Å². The monoisotopic (exact) mass is 834 g/mol. The molecule has 0 saturated heterocycles. The Morgan fingerprint density at radius 2 is 0.814 bits per heavy atom. The number of allylic oxidation sites excluding steroid dienone is 2. The second kappa shape index (κ2) is 47.6. The summed E-state index contributed by atoms with van der Waals surface area (Å²) in [7, 11) is 0. The van der Waals surface area contributed by atoms with Crippen LogP contribution in [0.25, 0.3) is 0 Å². The summed E-state index contributed by atoms with van der Waals surface area (Å²) >= 11 is 0. The summed E-state index contributed by atoms with van der Waals surface area (Å²) in [5, 5.41) is 23.8. The first-order valence-corrected chi connectivity index (χ1v) is 26.4. The number of aliphatic hydroxyl groups is 2. The van der Waals surface area contributed by atoms with Crippen molar-refractivity contribution in [2.24, 2.45) is 0 Å². The Bertz CT molecular complexity index is 893. The quantitative estimate of drug-likeness (QED) is 0.0322. The summed E-state index contributed by atoms with van der Waals surface area (Å²) in [6, 6.07) is -0.697. The number of hydrogen-bond donors (Lipinski definition) is 3. The van der Waals surface area contributed by atoms with Crippen molar-refractivity contribution in [3.63, 3.8) is 0 Å². The van der Waals surface area contributed by atoms with Crippen LogP contribution in [-0.4, -0.2) is 46.9 Å². The number of rotatable bonds is 48. The minimum atomic E-state index is -0.784. The van der Waals surface area contributed by atoms with E-state index in [0.29, 0.717) is 19.3 Å². The molecule has 3 atom stereocenters. The molecule has 0 bridgehead atoms. The zero-order valence-electron chi connectivity index (χ0n) is 39.9. The zero-order valence-corrected chi connectivity index (χ0v) is 39.9. The third-order valence-corrected chi connectivity index (χ3v) is 12.3. The fourth-order valence-corrected chi connectivity index (χ4v) is 8.31. The maximum absolute atomic E-state index is 13.2. The van der Waals surface area contributed by atoms with Crippen molar-refractivity contribution in [3.8, 4) is 0 Å². The van der Waals surface area contributed by atoms with Gasteiger partial charge in [-0.25, -0.2) is 0 Å². The van der Waals surface area contributed by atoms with Gasteiger partial charge in [-0.1, -0.05) is 238 Å². The van der Waals surface area contributed by atoms with Gasteiger partial charge in [0, 0.05) is 6.42 Å². The topological polar surface area (TPSA) is 95.9 Å². The van der Waals surface area contributed by atoms with Crippen molar-refractivity contribution in [1.82, 2.24) is 5.32 Å². The second-order valence-corrected chi connectivity index (χ2v) is 18.3. The number of esters is 1. The van der Waals surface area contributed by atoms with Gasteiger partial charge in [0.15, 0.2) is 0 Å². The van der Waals surface area contributed by atoms with Crippen LogP contribution in [0.1, 0.15) is 290 Å². The fraction of sp³-hybridized carbons (Fsp3) is 0.925. The van der Waals surface area contributed by atoms with E-state index in [1.165, 1.54) is 186 Å². The van der Waals surface area contributed by atoms with E-state index in [1.807, 2.05) is 0 Å². The van der Waals surface area contributed by atoms with Crippen LogP contribution in [0.5, 0.6) is 0 Å². The summed E-state index contributed by atoms with van der Waals surface area (Å²) in [5.41, 5.74) is 0. The van der Waals surface area contributed by atoms with Gasteiger partial charge in [0.25, 0.3) is 0 Å². The van der Waals surface area contributed by atoms with Gasteiger partial charge < -0.3 is 20.3 Å². The number of amides is 1. The lowest BCUT2D eigenvalue weighted by Crippen LogP contribution is -2.46. The molecule has 0 aromatic heterocycles. The van der Waals surface area contributed by atoms with E-state index < -0.39 is 18.2 Å². The fourth-order valence-electron chi connectivity index (χ4n) is 8.31. The largest absolute Gasteiger partial charge is 0.462 e. The summed E-state index contributed by atoms with van der Waals surface area (Å²) in [6.45, 7) is 6.49. The Morgan fingerprint density at radius 1 is 0.475 bits per heavy atom. The van der Waals surface area contributed by atoms with E-state index in [0.717, 1.165) is 57.8 Å². The smallest absolute Gasteiger partial charge is 0.306 e. The van der Waals surface area contributed by atoms with Gasteiger partial charge in [0.05, 0.1) is 25.2 Å². The molecule has 6 heteroatoms. The molecule has 1 amide bonds. The first-order valence-electron chi connectivity index (χ1n) is 26.4.